The zero-order valence-corrected chi connectivity index (χ0v) is 13.8. The van der Waals surface area contributed by atoms with E-state index in [-0.39, 0.29) is 11.9 Å². The Kier molecular flexibility index (Phi) is 4.59. The fourth-order valence-corrected chi connectivity index (χ4v) is 3.79. The molecule has 5 nitrogen and oxygen atoms in total. The number of fused-ring (bicyclic) bond motifs is 1. The zero-order chi connectivity index (χ0) is 15.5. The molecule has 0 unspecified atom stereocenters. The Balaban J connectivity index is 1.86. The summed E-state index contributed by atoms with van der Waals surface area (Å²) in [5, 5.41) is 6.45. The summed E-state index contributed by atoms with van der Waals surface area (Å²) in [6, 6.07) is 3.96. The fraction of sp³-hybridized carbons (Fsp3) is 0.500. The van der Waals surface area contributed by atoms with Crippen molar-refractivity contribution in [1.82, 2.24) is 14.7 Å². The number of carbonyl (C=O) groups excluding carboxylic acids is 1. The van der Waals surface area contributed by atoms with Crippen molar-refractivity contribution < 1.29 is 9.53 Å². The van der Waals surface area contributed by atoms with Crippen molar-refractivity contribution in [3.63, 3.8) is 0 Å². The first-order valence-corrected chi connectivity index (χ1v) is 8.48. The van der Waals surface area contributed by atoms with Gasteiger partial charge in [0.15, 0.2) is 0 Å². The monoisotopic (exact) mass is 319 g/mol. The van der Waals surface area contributed by atoms with Crippen LogP contribution in [0.2, 0.25) is 0 Å². The quantitative estimate of drug-likeness (QED) is 0.849. The maximum absolute atomic E-state index is 12.7. The highest BCUT2D eigenvalue weighted by Gasteiger charge is 2.33. The number of amides is 1. The molecule has 22 heavy (non-hydrogen) atoms. The number of methoxy groups -OCH3 is 1. The summed E-state index contributed by atoms with van der Waals surface area (Å²) in [6.07, 6.45) is 3.27. The summed E-state index contributed by atoms with van der Waals surface area (Å²) >= 11 is 1.63. The van der Waals surface area contributed by atoms with Gasteiger partial charge in [0.05, 0.1) is 31.0 Å². The van der Waals surface area contributed by atoms with Crippen LogP contribution in [0.3, 0.4) is 0 Å². The van der Waals surface area contributed by atoms with Crippen LogP contribution >= 0.6 is 11.3 Å². The Bertz CT molecular complexity index is 622. The van der Waals surface area contributed by atoms with E-state index in [1.807, 2.05) is 33.3 Å². The summed E-state index contributed by atoms with van der Waals surface area (Å²) in [6.45, 7) is 4.13. The van der Waals surface area contributed by atoms with E-state index in [1.54, 1.807) is 18.4 Å². The molecule has 0 fully saturated rings. The van der Waals surface area contributed by atoms with E-state index in [4.69, 9.17) is 4.74 Å². The second-order valence-electron chi connectivity index (χ2n) is 5.44. The first-order valence-electron chi connectivity index (χ1n) is 7.60. The van der Waals surface area contributed by atoms with Gasteiger partial charge in [-0.3, -0.25) is 9.48 Å². The average molecular weight is 319 g/mol. The molecule has 0 spiro atoms. The Hall–Kier alpha value is -1.66. The highest BCUT2D eigenvalue weighted by atomic mass is 32.1. The van der Waals surface area contributed by atoms with Gasteiger partial charge in [-0.15, -0.1) is 11.3 Å². The van der Waals surface area contributed by atoms with Crippen molar-refractivity contribution in [3.8, 4) is 0 Å². The lowest BCUT2D eigenvalue weighted by molar-refractivity contribution is -0.134. The first kappa shape index (κ1) is 15.2. The van der Waals surface area contributed by atoms with E-state index in [1.165, 1.54) is 5.56 Å². The van der Waals surface area contributed by atoms with E-state index in [9.17, 15) is 4.79 Å². The Morgan fingerprint density at radius 2 is 2.41 bits per heavy atom. The summed E-state index contributed by atoms with van der Waals surface area (Å²) < 4.78 is 7.38. The van der Waals surface area contributed by atoms with Crippen LogP contribution in [0.1, 0.15) is 29.1 Å². The predicted molar refractivity (Wildman–Crippen MR) is 86.0 cm³/mol. The minimum atomic E-state index is -0.0383. The summed E-state index contributed by atoms with van der Waals surface area (Å²) in [5.74, 6) is 0.166. The van der Waals surface area contributed by atoms with E-state index in [0.29, 0.717) is 13.0 Å². The second-order valence-corrected chi connectivity index (χ2v) is 6.47. The van der Waals surface area contributed by atoms with E-state index < -0.39 is 0 Å². The third-order valence-electron chi connectivity index (χ3n) is 4.12. The van der Waals surface area contributed by atoms with Gasteiger partial charge in [0.1, 0.15) is 0 Å². The molecule has 0 bridgehead atoms. The largest absolute Gasteiger partial charge is 0.382 e. The third kappa shape index (κ3) is 2.80. The van der Waals surface area contributed by atoms with Gasteiger partial charge in [-0.1, -0.05) is 6.07 Å². The van der Waals surface area contributed by atoms with Gasteiger partial charge in [0.25, 0.3) is 0 Å². The number of nitrogens with zero attached hydrogens (tertiary/aromatic N) is 3. The summed E-state index contributed by atoms with van der Waals surface area (Å²) in [7, 11) is 1.68. The number of thiophene rings is 1. The lowest BCUT2D eigenvalue weighted by Crippen LogP contribution is -2.43. The molecule has 0 radical (unpaired) electrons. The number of aromatic nitrogens is 2. The van der Waals surface area contributed by atoms with Crippen LogP contribution in [0.15, 0.2) is 23.7 Å². The van der Waals surface area contributed by atoms with Crippen LogP contribution < -0.4 is 0 Å². The fourth-order valence-electron chi connectivity index (χ4n) is 3.10. The van der Waals surface area contributed by atoms with Crippen molar-refractivity contribution >= 4 is 17.2 Å². The number of rotatable bonds is 5. The van der Waals surface area contributed by atoms with Gasteiger partial charge < -0.3 is 9.64 Å². The van der Waals surface area contributed by atoms with Crippen LogP contribution in [-0.2, 0) is 28.9 Å². The first-order chi connectivity index (χ1) is 10.7. The molecular formula is C16H21N3O2S. The molecular weight excluding hydrogens is 298 g/mol. The molecule has 0 N–H and O–H groups in total. The lowest BCUT2D eigenvalue weighted by Gasteiger charge is -2.36. The number of ether oxygens (including phenoxy) is 1. The molecule has 2 aromatic heterocycles. The standard InChI is InChI=1S/C16H21N3O2S/c1-3-19-16-12(10-17-19)6-7-18(14(16)11-21-2)15(20)9-13-5-4-8-22-13/h4-5,8,10,14H,3,6-7,9,11H2,1-2H3/t14-/m1/s1. The molecule has 118 valence electrons. The van der Waals surface area contributed by atoms with E-state index in [0.717, 1.165) is 30.1 Å². The molecule has 1 aliphatic rings. The van der Waals surface area contributed by atoms with Gasteiger partial charge in [0.2, 0.25) is 5.91 Å². The molecule has 0 aliphatic carbocycles. The van der Waals surface area contributed by atoms with Crippen LogP contribution in [0, 0.1) is 0 Å². The Morgan fingerprint density at radius 1 is 1.55 bits per heavy atom. The molecule has 0 saturated carbocycles. The van der Waals surface area contributed by atoms with Crippen LogP contribution in [0.4, 0.5) is 0 Å². The molecule has 3 rings (SSSR count). The number of aryl methyl sites for hydroxylation is 1. The van der Waals surface area contributed by atoms with Gasteiger partial charge >= 0.3 is 0 Å². The highest BCUT2D eigenvalue weighted by Crippen LogP contribution is 2.30. The van der Waals surface area contributed by atoms with Crippen molar-refractivity contribution in [3.05, 3.63) is 39.8 Å². The zero-order valence-electron chi connectivity index (χ0n) is 13.0. The number of hydrogen-bond acceptors (Lipinski definition) is 4. The third-order valence-corrected chi connectivity index (χ3v) is 5.00. The van der Waals surface area contributed by atoms with E-state index in [2.05, 4.69) is 12.0 Å². The molecule has 2 aromatic rings. The SMILES string of the molecule is CCn1ncc2c1[C@@H](COC)N(C(=O)Cc1cccs1)CC2. The van der Waals surface area contributed by atoms with Gasteiger partial charge in [-0.2, -0.15) is 5.10 Å². The topological polar surface area (TPSA) is 47.4 Å². The molecule has 3 heterocycles. The lowest BCUT2D eigenvalue weighted by atomic mass is 9.99. The Labute approximate surface area is 134 Å². The molecule has 1 atom stereocenters. The minimum Gasteiger partial charge on any atom is -0.382 e. The van der Waals surface area contributed by atoms with Crippen LogP contribution in [-0.4, -0.2) is 40.8 Å². The summed E-state index contributed by atoms with van der Waals surface area (Å²) in [5.41, 5.74) is 2.37. The van der Waals surface area contributed by atoms with E-state index >= 15 is 0 Å². The van der Waals surface area contributed by atoms with Gasteiger partial charge in [-0.25, -0.2) is 0 Å². The summed E-state index contributed by atoms with van der Waals surface area (Å²) in [4.78, 5) is 15.8. The molecule has 0 aromatic carbocycles. The normalized spacial score (nSPS) is 17.5. The smallest absolute Gasteiger partial charge is 0.228 e. The van der Waals surface area contributed by atoms with Crippen molar-refractivity contribution in [2.45, 2.75) is 32.4 Å². The van der Waals surface area contributed by atoms with Gasteiger partial charge in [0, 0.05) is 25.1 Å². The number of hydrogen-bond donors (Lipinski definition) is 0. The minimum absolute atomic E-state index is 0.0383. The maximum Gasteiger partial charge on any atom is 0.228 e. The Morgan fingerprint density at radius 3 is 3.09 bits per heavy atom. The molecule has 0 saturated heterocycles. The maximum atomic E-state index is 12.7. The molecule has 1 aliphatic heterocycles. The predicted octanol–water partition coefficient (Wildman–Crippen LogP) is 2.28. The number of carbonyl (C=O) groups is 1. The van der Waals surface area contributed by atoms with Crippen molar-refractivity contribution in [2.24, 2.45) is 0 Å². The molecule has 6 heteroatoms. The van der Waals surface area contributed by atoms with Crippen LogP contribution in [0.25, 0.3) is 0 Å². The van der Waals surface area contributed by atoms with Crippen LogP contribution in [0.5, 0.6) is 0 Å². The van der Waals surface area contributed by atoms with Crippen molar-refractivity contribution in [1.29, 1.82) is 0 Å². The average Bonchev–Trinajstić information content (AvgIpc) is 3.16. The molecule has 1 amide bonds. The van der Waals surface area contributed by atoms with Gasteiger partial charge in [-0.05, 0) is 30.4 Å². The highest BCUT2D eigenvalue weighted by molar-refractivity contribution is 7.10. The second kappa shape index (κ2) is 6.62. The van der Waals surface area contributed by atoms with Crippen molar-refractivity contribution in [2.75, 3.05) is 20.3 Å².